The average molecular weight is 267 g/mol. The summed E-state index contributed by atoms with van der Waals surface area (Å²) in [6, 6.07) is 8.03. The lowest BCUT2D eigenvalue weighted by atomic mass is 10.3. The predicted molar refractivity (Wildman–Crippen MR) is 69.5 cm³/mol. The number of benzene rings is 1. The third-order valence-corrected chi connectivity index (χ3v) is 2.67. The van der Waals surface area contributed by atoms with Gasteiger partial charge in [0.2, 0.25) is 0 Å². The second kappa shape index (κ2) is 5.69. The van der Waals surface area contributed by atoms with Crippen molar-refractivity contribution >= 4 is 17.4 Å². The lowest BCUT2D eigenvalue weighted by Crippen LogP contribution is -1.98. The van der Waals surface area contributed by atoms with Gasteiger partial charge < -0.3 is 10.1 Å². The van der Waals surface area contributed by atoms with Crippen LogP contribution in [0.1, 0.15) is 5.56 Å². The summed E-state index contributed by atoms with van der Waals surface area (Å²) in [4.78, 5) is 4.16. The Labute approximate surface area is 110 Å². The average Bonchev–Trinajstić information content (AvgIpc) is 2.41. The molecule has 0 aliphatic carbocycles. The molecule has 0 amide bonds. The number of nitrogens with zero attached hydrogens (tertiary/aromatic N) is 1. The van der Waals surface area contributed by atoms with Crippen molar-refractivity contribution in [3.8, 4) is 5.75 Å². The van der Waals surface area contributed by atoms with Gasteiger partial charge in [0, 0.05) is 24.9 Å². The molecule has 0 radical (unpaired) electrons. The molecule has 1 aromatic carbocycles. The van der Waals surface area contributed by atoms with Gasteiger partial charge in [-0.1, -0.05) is 17.7 Å². The number of pyridine rings is 1. The smallest absolute Gasteiger partial charge is 0.142 e. The van der Waals surface area contributed by atoms with Crippen LogP contribution >= 0.6 is 11.6 Å². The van der Waals surface area contributed by atoms with E-state index in [2.05, 4.69) is 10.3 Å². The van der Waals surface area contributed by atoms with Crippen molar-refractivity contribution in [2.45, 2.75) is 6.61 Å². The molecule has 0 fully saturated rings. The first-order chi connectivity index (χ1) is 8.69. The molecule has 94 valence electrons. The van der Waals surface area contributed by atoms with Crippen molar-refractivity contribution in [1.29, 1.82) is 0 Å². The highest BCUT2D eigenvalue weighted by atomic mass is 35.5. The summed E-state index contributed by atoms with van der Waals surface area (Å²) >= 11 is 5.66. The van der Waals surface area contributed by atoms with Crippen molar-refractivity contribution in [2.75, 3.05) is 12.4 Å². The summed E-state index contributed by atoms with van der Waals surface area (Å²) in [6.45, 7) is 0.360. The standard InChI is InChI=1S/C13H12ClFN2O/c1-16-13-5-2-9(7-17-13)8-18-10-3-4-12(15)11(14)6-10/h2-7H,8H2,1H3,(H,16,17). The molecule has 3 nitrogen and oxygen atoms in total. The van der Waals surface area contributed by atoms with Gasteiger partial charge in [0.05, 0.1) is 5.02 Å². The molecule has 0 aliphatic heterocycles. The van der Waals surface area contributed by atoms with E-state index in [4.69, 9.17) is 16.3 Å². The molecule has 5 heteroatoms. The van der Waals surface area contributed by atoms with Crippen LogP contribution in [0.3, 0.4) is 0 Å². The fourth-order valence-corrected chi connectivity index (χ4v) is 1.56. The minimum atomic E-state index is -0.455. The molecule has 0 aliphatic rings. The van der Waals surface area contributed by atoms with Gasteiger partial charge in [0.25, 0.3) is 0 Å². The Morgan fingerprint density at radius 1 is 1.33 bits per heavy atom. The van der Waals surface area contributed by atoms with Gasteiger partial charge in [-0.05, 0) is 18.2 Å². The molecule has 2 rings (SSSR count). The normalized spacial score (nSPS) is 10.2. The van der Waals surface area contributed by atoms with Crippen molar-refractivity contribution < 1.29 is 9.13 Å². The summed E-state index contributed by atoms with van der Waals surface area (Å²) in [5.41, 5.74) is 0.925. The molecule has 2 aromatic rings. The number of hydrogen-bond donors (Lipinski definition) is 1. The van der Waals surface area contributed by atoms with E-state index < -0.39 is 5.82 Å². The van der Waals surface area contributed by atoms with Crippen molar-refractivity contribution in [1.82, 2.24) is 4.98 Å². The number of halogens is 2. The van der Waals surface area contributed by atoms with Gasteiger partial charge in [0.1, 0.15) is 24.0 Å². The topological polar surface area (TPSA) is 34.1 Å². The van der Waals surface area contributed by atoms with Crippen molar-refractivity contribution in [3.05, 3.63) is 52.9 Å². The zero-order valence-corrected chi connectivity index (χ0v) is 10.5. The van der Waals surface area contributed by atoms with Crippen LogP contribution < -0.4 is 10.1 Å². The summed E-state index contributed by atoms with van der Waals surface area (Å²) in [7, 11) is 1.80. The lowest BCUT2D eigenvalue weighted by Gasteiger charge is -2.07. The Kier molecular flexibility index (Phi) is 3.99. The van der Waals surface area contributed by atoms with Crippen LogP contribution in [0.5, 0.6) is 5.75 Å². The minimum Gasteiger partial charge on any atom is -0.489 e. The molecule has 0 bridgehead atoms. The first-order valence-corrected chi connectivity index (χ1v) is 5.77. The van der Waals surface area contributed by atoms with Crippen LogP contribution in [0.25, 0.3) is 0 Å². The quantitative estimate of drug-likeness (QED) is 0.920. The molecule has 0 saturated carbocycles. The zero-order chi connectivity index (χ0) is 13.0. The van der Waals surface area contributed by atoms with Gasteiger partial charge >= 0.3 is 0 Å². The van der Waals surface area contributed by atoms with Crippen LogP contribution in [0, 0.1) is 5.82 Å². The highest BCUT2D eigenvalue weighted by Crippen LogP contribution is 2.21. The number of nitrogens with one attached hydrogen (secondary N) is 1. The number of hydrogen-bond acceptors (Lipinski definition) is 3. The Morgan fingerprint density at radius 3 is 2.78 bits per heavy atom. The molecule has 18 heavy (non-hydrogen) atoms. The second-order valence-corrected chi connectivity index (χ2v) is 4.07. The SMILES string of the molecule is CNc1ccc(COc2ccc(F)c(Cl)c2)cn1. The maximum atomic E-state index is 12.9. The Hall–Kier alpha value is -1.81. The molecule has 0 spiro atoms. The Bertz CT molecular complexity index is 531. The monoisotopic (exact) mass is 266 g/mol. The lowest BCUT2D eigenvalue weighted by molar-refractivity contribution is 0.305. The molecule has 0 unspecified atom stereocenters. The number of anilines is 1. The van der Waals surface area contributed by atoms with E-state index in [9.17, 15) is 4.39 Å². The molecule has 1 N–H and O–H groups in total. The molecule has 0 saturated heterocycles. The van der Waals surface area contributed by atoms with Crippen LogP contribution in [0.2, 0.25) is 5.02 Å². The Morgan fingerprint density at radius 2 is 2.17 bits per heavy atom. The maximum absolute atomic E-state index is 12.9. The van der Waals surface area contributed by atoms with Crippen molar-refractivity contribution in [3.63, 3.8) is 0 Å². The van der Waals surface area contributed by atoms with Crippen LogP contribution in [0.4, 0.5) is 10.2 Å². The zero-order valence-electron chi connectivity index (χ0n) is 9.78. The van der Waals surface area contributed by atoms with Crippen LogP contribution in [0.15, 0.2) is 36.5 Å². The summed E-state index contributed by atoms with van der Waals surface area (Å²) in [5, 5.41) is 2.98. The number of aromatic nitrogens is 1. The predicted octanol–water partition coefficient (Wildman–Crippen LogP) is 3.49. The third-order valence-electron chi connectivity index (χ3n) is 2.38. The molecular formula is C13H12ClFN2O. The van der Waals surface area contributed by atoms with Gasteiger partial charge in [-0.25, -0.2) is 9.37 Å². The molecule has 1 heterocycles. The van der Waals surface area contributed by atoms with E-state index in [1.54, 1.807) is 13.2 Å². The Balaban J connectivity index is 1.99. The van der Waals surface area contributed by atoms with Gasteiger partial charge in [-0.3, -0.25) is 0 Å². The minimum absolute atomic E-state index is 0.0520. The summed E-state index contributed by atoms with van der Waals surface area (Å²) in [5.74, 6) is 0.867. The van der Waals surface area contributed by atoms with E-state index in [0.717, 1.165) is 11.4 Å². The largest absolute Gasteiger partial charge is 0.489 e. The fourth-order valence-electron chi connectivity index (χ4n) is 1.39. The van der Waals surface area contributed by atoms with E-state index in [1.165, 1.54) is 18.2 Å². The summed E-state index contributed by atoms with van der Waals surface area (Å²) in [6.07, 6.45) is 1.72. The molecule has 1 aromatic heterocycles. The van der Waals surface area contributed by atoms with Crippen molar-refractivity contribution in [2.24, 2.45) is 0 Å². The summed E-state index contributed by atoms with van der Waals surface area (Å²) < 4.78 is 18.4. The van der Waals surface area contributed by atoms with E-state index >= 15 is 0 Å². The number of rotatable bonds is 4. The van der Waals surface area contributed by atoms with Gasteiger partial charge in [-0.2, -0.15) is 0 Å². The van der Waals surface area contributed by atoms with E-state index in [1.807, 2.05) is 12.1 Å². The molecular weight excluding hydrogens is 255 g/mol. The first kappa shape index (κ1) is 12.6. The first-order valence-electron chi connectivity index (χ1n) is 5.39. The third kappa shape index (κ3) is 3.11. The van der Waals surface area contributed by atoms with Crippen LogP contribution in [-0.2, 0) is 6.61 Å². The fraction of sp³-hybridized carbons (Fsp3) is 0.154. The maximum Gasteiger partial charge on any atom is 0.142 e. The highest BCUT2D eigenvalue weighted by Gasteiger charge is 2.02. The highest BCUT2D eigenvalue weighted by molar-refractivity contribution is 6.30. The van der Waals surface area contributed by atoms with Gasteiger partial charge in [0.15, 0.2) is 0 Å². The van der Waals surface area contributed by atoms with E-state index in [-0.39, 0.29) is 5.02 Å². The number of ether oxygens (including phenoxy) is 1. The van der Waals surface area contributed by atoms with E-state index in [0.29, 0.717) is 12.4 Å². The second-order valence-electron chi connectivity index (χ2n) is 3.67. The molecule has 0 atom stereocenters. The van der Waals surface area contributed by atoms with Crippen LogP contribution in [-0.4, -0.2) is 12.0 Å². The van der Waals surface area contributed by atoms with Gasteiger partial charge in [-0.15, -0.1) is 0 Å².